The summed E-state index contributed by atoms with van der Waals surface area (Å²) in [5, 5.41) is 0.400. The molecule has 0 fully saturated rings. The minimum Gasteiger partial charge on any atom is -0.486 e. The number of benzene rings is 3. The van der Waals surface area contributed by atoms with Gasteiger partial charge < -0.3 is 18.6 Å². The van der Waals surface area contributed by atoms with Crippen molar-refractivity contribution in [2.24, 2.45) is 0 Å². The Kier molecular flexibility index (Phi) is 5.11. The van der Waals surface area contributed by atoms with E-state index in [9.17, 15) is 9.59 Å². The minimum absolute atomic E-state index is 0.0125. The molecular formula is C26H20O6. The van der Waals surface area contributed by atoms with Crippen LogP contribution < -0.4 is 19.6 Å². The quantitative estimate of drug-likeness (QED) is 0.425. The van der Waals surface area contributed by atoms with Gasteiger partial charge in [0.1, 0.15) is 18.8 Å². The van der Waals surface area contributed by atoms with Gasteiger partial charge in [0.25, 0.3) is 0 Å². The summed E-state index contributed by atoms with van der Waals surface area (Å²) < 4.78 is 22.9. The lowest BCUT2D eigenvalue weighted by Crippen LogP contribution is -2.18. The maximum absolute atomic E-state index is 13.2. The smallest absolute Gasteiger partial charge is 0.235 e. The van der Waals surface area contributed by atoms with E-state index in [0.29, 0.717) is 52.6 Å². The highest BCUT2D eigenvalue weighted by atomic mass is 16.6. The van der Waals surface area contributed by atoms with Gasteiger partial charge in [-0.05, 0) is 42.8 Å². The van der Waals surface area contributed by atoms with Crippen LogP contribution in [0.25, 0.3) is 22.3 Å². The van der Waals surface area contributed by atoms with Crippen molar-refractivity contribution in [2.75, 3.05) is 19.8 Å². The first-order chi connectivity index (χ1) is 15.6. The molecule has 32 heavy (non-hydrogen) atoms. The Labute approximate surface area is 184 Å². The average Bonchev–Trinajstić information content (AvgIpc) is 2.83. The number of carbonyl (C=O) groups excluding carboxylic acids is 1. The highest BCUT2D eigenvalue weighted by Crippen LogP contribution is 2.32. The van der Waals surface area contributed by atoms with Gasteiger partial charge in [0.2, 0.25) is 11.2 Å². The maximum Gasteiger partial charge on any atom is 0.235 e. The molecule has 1 aliphatic rings. The number of hydrogen-bond donors (Lipinski definition) is 0. The van der Waals surface area contributed by atoms with E-state index in [-0.39, 0.29) is 23.6 Å². The van der Waals surface area contributed by atoms with Crippen molar-refractivity contribution in [3.63, 3.8) is 0 Å². The van der Waals surface area contributed by atoms with Gasteiger partial charge in [-0.2, -0.15) is 0 Å². The summed E-state index contributed by atoms with van der Waals surface area (Å²) in [6.07, 6.45) is 0. The van der Waals surface area contributed by atoms with Crippen LogP contribution >= 0.6 is 0 Å². The lowest BCUT2D eigenvalue weighted by atomic mass is 10.1. The van der Waals surface area contributed by atoms with Gasteiger partial charge in [-0.3, -0.25) is 9.59 Å². The van der Waals surface area contributed by atoms with Crippen LogP contribution in [0.3, 0.4) is 0 Å². The molecule has 160 valence electrons. The number of ketones is 1. The molecule has 0 saturated carbocycles. The fourth-order valence-electron chi connectivity index (χ4n) is 3.63. The molecule has 0 bridgehead atoms. The van der Waals surface area contributed by atoms with Crippen LogP contribution in [0.2, 0.25) is 0 Å². The number of aryl methyl sites for hydroxylation is 1. The molecule has 4 aromatic rings. The summed E-state index contributed by atoms with van der Waals surface area (Å²) in [4.78, 5) is 26.1. The Hall–Kier alpha value is -4.06. The molecule has 0 N–H and O–H groups in total. The van der Waals surface area contributed by atoms with E-state index in [1.165, 1.54) is 0 Å². The number of Topliss-reactive ketones (excluding diaryl/α,β-unsaturated/α-hetero) is 1. The highest BCUT2D eigenvalue weighted by molar-refractivity contribution is 5.98. The maximum atomic E-state index is 13.2. The van der Waals surface area contributed by atoms with Gasteiger partial charge in [-0.15, -0.1) is 0 Å². The van der Waals surface area contributed by atoms with E-state index in [2.05, 4.69) is 0 Å². The molecule has 1 aliphatic heterocycles. The Bertz CT molecular complexity index is 1370. The number of rotatable bonds is 5. The summed E-state index contributed by atoms with van der Waals surface area (Å²) in [7, 11) is 0. The largest absolute Gasteiger partial charge is 0.486 e. The summed E-state index contributed by atoms with van der Waals surface area (Å²) >= 11 is 0. The molecule has 0 spiro atoms. The van der Waals surface area contributed by atoms with E-state index in [1.807, 2.05) is 49.4 Å². The third-order valence-electron chi connectivity index (χ3n) is 5.25. The first kappa shape index (κ1) is 19.9. The van der Waals surface area contributed by atoms with E-state index in [4.69, 9.17) is 18.6 Å². The third-order valence-corrected chi connectivity index (χ3v) is 5.25. The second-order valence-electron chi connectivity index (χ2n) is 7.53. The van der Waals surface area contributed by atoms with Gasteiger partial charge in [0.15, 0.2) is 29.6 Å². The zero-order valence-electron chi connectivity index (χ0n) is 17.4. The molecule has 0 saturated heterocycles. The number of carbonyl (C=O) groups is 1. The normalized spacial score (nSPS) is 12.5. The molecule has 0 amide bonds. The second-order valence-corrected chi connectivity index (χ2v) is 7.53. The van der Waals surface area contributed by atoms with Gasteiger partial charge in [-0.1, -0.05) is 36.4 Å². The molecule has 0 unspecified atom stereocenters. The van der Waals surface area contributed by atoms with Crippen LogP contribution in [-0.4, -0.2) is 25.6 Å². The van der Waals surface area contributed by atoms with Crippen LogP contribution in [-0.2, 0) is 0 Å². The Morgan fingerprint density at radius 3 is 2.53 bits per heavy atom. The van der Waals surface area contributed by atoms with Crippen molar-refractivity contribution in [1.29, 1.82) is 0 Å². The summed E-state index contributed by atoms with van der Waals surface area (Å²) in [6, 6.07) is 19.6. The number of fused-ring (bicyclic) bond motifs is 2. The predicted molar refractivity (Wildman–Crippen MR) is 120 cm³/mol. The lowest BCUT2D eigenvalue weighted by Gasteiger charge is -2.18. The van der Waals surface area contributed by atoms with Crippen molar-refractivity contribution in [1.82, 2.24) is 0 Å². The topological polar surface area (TPSA) is 75.0 Å². The Balaban J connectivity index is 1.50. The Morgan fingerprint density at radius 2 is 1.72 bits per heavy atom. The highest BCUT2D eigenvalue weighted by Gasteiger charge is 2.20. The minimum atomic E-state index is -0.319. The van der Waals surface area contributed by atoms with Crippen LogP contribution in [0.5, 0.6) is 17.2 Å². The van der Waals surface area contributed by atoms with Gasteiger partial charge in [0, 0.05) is 11.1 Å². The van der Waals surface area contributed by atoms with Gasteiger partial charge >= 0.3 is 0 Å². The van der Waals surface area contributed by atoms with Crippen LogP contribution in [0, 0.1) is 6.92 Å². The SMILES string of the molecule is Cc1ccc2c(=O)c(OCC(=O)c3ccc4c(c3)OCCO4)c(-c3ccccc3)oc2c1. The van der Waals surface area contributed by atoms with Crippen molar-refractivity contribution in [2.45, 2.75) is 6.92 Å². The van der Waals surface area contributed by atoms with Gasteiger partial charge in [0.05, 0.1) is 5.39 Å². The number of ether oxygens (including phenoxy) is 3. The fraction of sp³-hybridized carbons (Fsp3) is 0.154. The molecular weight excluding hydrogens is 408 g/mol. The second kappa shape index (κ2) is 8.23. The van der Waals surface area contributed by atoms with Gasteiger partial charge in [-0.25, -0.2) is 0 Å². The van der Waals surface area contributed by atoms with E-state index >= 15 is 0 Å². The fourth-order valence-corrected chi connectivity index (χ4v) is 3.63. The molecule has 6 nitrogen and oxygen atoms in total. The molecule has 0 atom stereocenters. The summed E-state index contributed by atoms with van der Waals surface area (Å²) in [5.41, 5.74) is 2.23. The Morgan fingerprint density at radius 1 is 0.938 bits per heavy atom. The first-order valence-electron chi connectivity index (χ1n) is 10.3. The molecule has 3 aromatic carbocycles. The molecule has 2 heterocycles. The zero-order chi connectivity index (χ0) is 22.1. The van der Waals surface area contributed by atoms with Crippen LogP contribution in [0.4, 0.5) is 0 Å². The molecule has 1 aromatic heterocycles. The van der Waals surface area contributed by atoms with Crippen LogP contribution in [0.15, 0.2) is 75.9 Å². The zero-order valence-corrected chi connectivity index (χ0v) is 17.4. The standard InChI is InChI=1S/C26H20O6/c1-16-7-9-19-22(13-16)32-25(17-5-3-2-4-6-17)26(24(19)28)31-15-20(27)18-8-10-21-23(14-18)30-12-11-29-21/h2-10,13-14H,11-12,15H2,1H3. The monoisotopic (exact) mass is 428 g/mol. The number of hydrogen-bond acceptors (Lipinski definition) is 6. The lowest BCUT2D eigenvalue weighted by molar-refractivity contribution is 0.0919. The van der Waals surface area contributed by atoms with E-state index < -0.39 is 0 Å². The predicted octanol–water partition coefficient (Wildman–Crippen LogP) is 4.80. The van der Waals surface area contributed by atoms with E-state index in [1.54, 1.807) is 24.3 Å². The van der Waals surface area contributed by atoms with Crippen molar-refractivity contribution in [3.05, 3.63) is 88.1 Å². The summed E-state index contributed by atoms with van der Waals surface area (Å²) in [5.74, 6) is 1.14. The average molecular weight is 428 g/mol. The molecule has 0 radical (unpaired) electrons. The molecule has 5 rings (SSSR count). The molecule has 0 aliphatic carbocycles. The van der Waals surface area contributed by atoms with Crippen molar-refractivity contribution >= 4 is 16.8 Å². The molecule has 6 heteroatoms. The summed E-state index contributed by atoms with van der Waals surface area (Å²) in [6.45, 7) is 2.52. The first-order valence-corrected chi connectivity index (χ1v) is 10.3. The van der Waals surface area contributed by atoms with Crippen molar-refractivity contribution in [3.8, 4) is 28.6 Å². The third kappa shape index (κ3) is 3.71. The van der Waals surface area contributed by atoms with Crippen molar-refractivity contribution < 1.29 is 23.4 Å². The van der Waals surface area contributed by atoms with E-state index in [0.717, 1.165) is 5.56 Å². The van der Waals surface area contributed by atoms with Crippen LogP contribution in [0.1, 0.15) is 15.9 Å².